The number of hydrogen-bond acceptors (Lipinski definition) is 2. The summed E-state index contributed by atoms with van der Waals surface area (Å²) in [5.74, 6) is 0.916. The van der Waals surface area contributed by atoms with Crippen molar-refractivity contribution in [3.63, 3.8) is 0 Å². The first-order valence-electron chi connectivity index (χ1n) is 7.10. The Hall–Kier alpha value is -0.770. The van der Waals surface area contributed by atoms with Crippen LogP contribution in [-0.2, 0) is 9.59 Å². The van der Waals surface area contributed by atoms with Crippen molar-refractivity contribution in [2.75, 3.05) is 19.0 Å². The van der Waals surface area contributed by atoms with Gasteiger partial charge in [-0.25, -0.2) is 0 Å². The minimum absolute atomic E-state index is 0.120. The van der Waals surface area contributed by atoms with E-state index in [0.717, 1.165) is 38.8 Å². The number of halogens is 1. The largest absolute Gasteiger partial charge is 0.353 e. The van der Waals surface area contributed by atoms with Crippen LogP contribution in [0.15, 0.2) is 0 Å². The summed E-state index contributed by atoms with van der Waals surface area (Å²) in [6, 6.07) is 0.233. The minimum Gasteiger partial charge on any atom is -0.353 e. The van der Waals surface area contributed by atoms with Crippen molar-refractivity contribution in [3.8, 4) is 0 Å². The van der Waals surface area contributed by atoms with Crippen LogP contribution in [-0.4, -0.2) is 41.7 Å². The Morgan fingerprint density at radius 2 is 1.79 bits per heavy atom. The third-order valence-electron chi connectivity index (χ3n) is 3.99. The first-order chi connectivity index (χ1) is 8.94. The van der Waals surface area contributed by atoms with Gasteiger partial charge in [0.15, 0.2) is 0 Å². The Morgan fingerprint density at radius 1 is 1.21 bits per heavy atom. The van der Waals surface area contributed by atoms with Crippen molar-refractivity contribution in [3.05, 3.63) is 0 Å². The molecule has 108 valence electrons. The summed E-state index contributed by atoms with van der Waals surface area (Å²) in [6.45, 7) is 5.19. The Kier molecular flexibility index (Phi) is 4.39. The number of nitrogens with one attached hydrogen (secondary N) is 1. The SMILES string of the molecule is CC(C)(CCl)C(=O)N1CCC(NC(=O)C2CC2)CC1. The lowest BCUT2D eigenvalue weighted by molar-refractivity contribution is -0.140. The Labute approximate surface area is 119 Å². The summed E-state index contributed by atoms with van der Waals surface area (Å²) >= 11 is 5.84. The van der Waals surface area contributed by atoms with E-state index in [0.29, 0.717) is 5.88 Å². The third-order valence-corrected chi connectivity index (χ3v) is 4.66. The summed E-state index contributed by atoms with van der Waals surface area (Å²) in [7, 11) is 0. The maximum absolute atomic E-state index is 12.3. The van der Waals surface area contributed by atoms with E-state index >= 15 is 0 Å². The smallest absolute Gasteiger partial charge is 0.229 e. The molecule has 0 aromatic carbocycles. The lowest BCUT2D eigenvalue weighted by atomic mass is 9.92. The molecule has 0 bridgehead atoms. The number of nitrogens with zero attached hydrogens (tertiary/aromatic N) is 1. The van der Waals surface area contributed by atoms with Gasteiger partial charge in [0.1, 0.15) is 0 Å². The Balaban J connectivity index is 1.78. The number of hydrogen-bond donors (Lipinski definition) is 1. The van der Waals surface area contributed by atoms with Crippen LogP contribution in [0.4, 0.5) is 0 Å². The third kappa shape index (κ3) is 3.62. The highest BCUT2D eigenvalue weighted by Gasteiger charge is 2.35. The summed E-state index contributed by atoms with van der Waals surface area (Å²) in [4.78, 5) is 25.8. The van der Waals surface area contributed by atoms with Gasteiger partial charge in [-0.1, -0.05) is 0 Å². The van der Waals surface area contributed by atoms with Crippen LogP contribution >= 0.6 is 11.6 Å². The van der Waals surface area contributed by atoms with Crippen molar-refractivity contribution >= 4 is 23.4 Å². The molecule has 0 aromatic rings. The minimum atomic E-state index is -0.494. The molecular formula is C14H23ClN2O2. The van der Waals surface area contributed by atoms with E-state index in [9.17, 15) is 9.59 Å². The van der Waals surface area contributed by atoms with Gasteiger partial charge in [0.25, 0.3) is 0 Å². The maximum atomic E-state index is 12.3. The molecule has 0 spiro atoms. The average molecular weight is 287 g/mol. The van der Waals surface area contributed by atoms with Gasteiger partial charge in [0.05, 0.1) is 5.41 Å². The standard InChI is InChI=1S/C14H23ClN2O2/c1-14(2,9-15)13(19)17-7-5-11(6-8-17)16-12(18)10-3-4-10/h10-11H,3-9H2,1-2H3,(H,16,18). The molecule has 2 rings (SSSR count). The zero-order valence-corrected chi connectivity index (χ0v) is 12.5. The highest BCUT2D eigenvalue weighted by atomic mass is 35.5. The summed E-state index contributed by atoms with van der Waals surface area (Å²) in [5.41, 5.74) is -0.494. The molecule has 1 N–H and O–H groups in total. The molecule has 4 nitrogen and oxygen atoms in total. The van der Waals surface area contributed by atoms with E-state index in [1.807, 2.05) is 18.7 Å². The number of piperidine rings is 1. The summed E-state index contributed by atoms with van der Waals surface area (Å²) < 4.78 is 0. The fraction of sp³-hybridized carbons (Fsp3) is 0.857. The molecular weight excluding hydrogens is 264 g/mol. The van der Waals surface area contributed by atoms with Crippen molar-refractivity contribution < 1.29 is 9.59 Å². The second kappa shape index (κ2) is 5.70. The second-order valence-electron chi connectivity index (χ2n) is 6.37. The second-order valence-corrected chi connectivity index (χ2v) is 6.63. The van der Waals surface area contributed by atoms with E-state index in [1.165, 1.54) is 0 Å². The van der Waals surface area contributed by atoms with Gasteiger partial charge in [0.2, 0.25) is 11.8 Å². The fourth-order valence-electron chi connectivity index (χ4n) is 2.38. The number of alkyl halides is 1. The van der Waals surface area contributed by atoms with Gasteiger partial charge < -0.3 is 10.2 Å². The van der Waals surface area contributed by atoms with Gasteiger partial charge in [-0.2, -0.15) is 0 Å². The lowest BCUT2D eigenvalue weighted by Gasteiger charge is -2.36. The number of amides is 2. The van der Waals surface area contributed by atoms with Crippen molar-refractivity contribution in [2.45, 2.75) is 45.6 Å². The van der Waals surface area contributed by atoms with Crippen LogP contribution < -0.4 is 5.32 Å². The monoisotopic (exact) mass is 286 g/mol. The van der Waals surface area contributed by atoms with E-state index < -0.39 is 5.41 Å². The van der Waals surface area contributed by atoms with Crippen molar-refractivity contribution in [1.29, 1.82) is 0 Å². The number of rotatable bonds is 4. The zero-order valence-electron chi connectivity index (χ0n) is 11.7. The van der Waals surface area contributed by atoms with E-state index in [2.05, 4.69) is 5.32 Å². The average Bonchev–Trinajstić information content (AvgIpc) is 3.23. The Morgan fingerprint density at radius 3 is 2.26 bits per heavy atom. The summed E-state index contributed by atoms with van der Waals surface area (Å²) in [5, 5.41) is 3.09. The quantitative estimate of drug-likeness (QED) is 0.801. The van der Waals surface area contributed by atoms with Crippen molar-refractivity contribution in [1.82, 2.24) is 10.2 Å². The molecule has 1 heterocycles. The maximum Gasteiger partial charge on any atom is 0.229 e. The normalized spacial score (nSPS) is 21.3. The summed E-state index contributed by atoms with van der Waals surface area (Å²) in [6.07, 6.45) is 3.77. The van der Waals surface area contributed by atoms with Crippen molar-refractivity contribution in [2.24, 2.45) is 11.3 Å². The van der Waals surface area contributed by atoms with Gasteiger partial charge in [-0.15, -0.1) is 11.6 Å². The highest BCUT2D eigenvalue weighted by molar-refractivity contribution is 6.19. The number of carbonyl (C=O) groups excluding carboxylic acids is 2. The predicted molar refractivity (Wildman–Crippen MR) is 75.0 cm³/mol. The predicted octanol–water partition coefficient (Wildman–Crippen LogP) is 1.77. The van der Waals surface area contributed by atoms with Crippen LogP contribution in [0.1, 0.15) is 39.5 Å². The molecule has 0 aromatic heterocycles. The number of carbonyl (C=O) groups is 2. The van der Waals surface area contributed by atoms with Gasteiger partial charge in [0, 0.05) is 30.9 Å². The first-order valence-corrected chi connectivity index (χ1v) is 7.63. The molecule has 5 heteroatoms. The topological polar surface area (TPSA) is 49.4 Å². The van der Waals surface area contributed by atoms with Crippen LogP contribution in [0.25, 0.3) is 0 Å². The van der Waals surface area contributed by atoms with Crippen LogP contribution in [0, 0.1) is 11.3 Å². The molecule has 0 radical (unpaired) electrons. The number of likely N-dealkylation sites (tertiary alicyclic amines) is 1. The van der Waals surface area contributed by atoms with Gasteiger partial charge in [-0.05, 0) is 39.5 Å². The van der Waals surface area contributed by atoms with E-state index in [1.54, 1.807) is 0 Å². The molecule has 1 aliphatic heterocycles. The molecule has 1 saturated heterocycles. The molecule has 2 fully saturated rings. The lowest BCUT2D eigenvalue weighted by Crippen LogP contribution is -2.50. The molecule has 0 atom stereocenters. The molecule has 0 unspecified atom stereocenters. The van der Waals surface area contributed by atoms with Gasteiger partial charge in [-0.3, -0.25) is 9.59 Å². The molecule has 1 saturated carbocycles. The fourth-order valence-corrected chi connectivity index (χ4v) is 2.49. The molecule has 2 aliphatic rings. The van der Waals surface area contributed by atoms with E-state index in [-0.39, 0.29) is 23.8 Å². The van der Waals surface area contributed by atoms with E-state index in [4.69, 9.17) is 11.6 Å². The first kappa shape index (κ1) is 14.6. The van der Waals surface area contributed by atoms with Crippen LogP contribution in [0.5, 0.6) is 0 Å². The highest BCUT2D eigenvalue weighted by Crippen LogP contribution is 2.29. The molecule has 19 heavy (non-hydrogen) atoms. The van der Waals surface area contributed by atoms with Crippen LogP contribution in [0.3, 0.4) is 0 Å². The Bertz CT molecular complexity index is 358. The van der Waals surface area contributed by atoms with Crippen LogP contribution in [0.2, 0.25) is 0 Å². The zero-order chi connectivity index (χ0) is 14.0. The molecule has 2 amide bonds. The molecule has 1 aliphatic carbocycles. The van der Waals surface area contributed by atoms with Gasteiger partial charge >= 0.3 is 0 Å².